The molecule has 0 radical (unpaired) electrons. The summed E-state index contributed by atoms with van der Waals surface area (Å²) in [6.07, 6.45) is -5.25. The van der Waals surface area contributed by atoms with Gasteiger partial charge in [-0.2, -0.15) is 13.2 Å². The van der Waals surface area contributed by atoms with Crippen molar-refractivity contribution in [3.05, 3.63) is 30.3 Å². The van der Waals surface area contributed by atoms with Gasteiger partial charge in [-0.1, -0.05) is 18.2 Å². The normalized spacial score (nSPS) is 14.7. The Hall–Kier alpha value is -2.06. The molecule has 1 amide bonds. The van der Waals surface area contributed by atoms with Crippen LogP contribution in [0, 0.1) is 0 Å². The molecule has 1 rings (SSSR count). The van der Waals surface area contributed by atoms with E-state index in [2.05, 4.69) is 5.09 Å². The van der Waals surface area contributed by atoms with E-state index < -0.39 is 31.6 Å². The van der Waals surface area contributed by atoms with E-state index in [1.807, 2.05) is 0 Å². The Kier molecular flexibility index (Phi) is 8.78. The molecule has 1 unspecified atom stereocenters. The Labute approximate surface area is 155 Å². The lowest BCUT2D eigenvalue weighted by atomic mass is 10.3. The number of hydrogen-bond acceptors (Lipinski definition) is 5. The van der Waals surface area contributed by atoms with Gasteiger partial charge >= 0.3 is 25.6 Å². The Bertz CT molecular complexity index is 670. The largest absolute Gasteiger partial charge is 0.471 e. The van der Waals surface area contributed by atoms with Gasteiger partial charge in [-0.15, -0.1) is 0 Å². The number of carbonyl (C=O) groups is 2. The zero-order valence-corrected chi connectivity index (χ0v) is 15.8. The van der Waals surface area contributed by atoms with Crippen molar-refractivity contribution < 1.29 is 36.6 Å². The third kappa shape index (κ3) is 8.45. The molecule has 0 aliphatic carbocycles. The average Bonchev–Trinajstić information content (AvgIpc) is 2.58. The van der Waals surface area contributed by atoms with Crippen LogP contribution in [0.15, 0.2) is 30.3 Å². The van der Waals surface area contributed by atoms with Crippen LogP contribution in [0.1, 0.15) is 20.3 Å². The van der Waals surface area contributed by atoms with Gasteiger partial charge in [-0.3, -0.25) is 14.2 Å². The maximum Gasteiger partial charge on any atom is 0.471 e. The van der Waals surface area contributed by atoms with Crippen molar-refractivity contribution in [1.82, 2.24) is 10.4 Å². The van der Waals surface area contributed by atoms with Gasteiger partial charge in [0.25, 0.3) is 0 Å². The highest BCUT2D eigenvalue weighted by Gasteiger charge is 2.38. The lowest BCUT2D eigenvalue weighted by molar-refractivity contribution is -0.173. The fourth-order valence-corrected chi connectivity index (χ4v) is 4.00. The van der Waals surface area contributed by atoms with Crippen LogP contribution in [0.25, 0.3) is 0 Å². The highest BCUT2D eigenvalue weighted by atomic mass is 31.2. The van der Waals surface area contributed by atoms with Gasteiger partial charge in [0, 0.05) is 6.54 Å². The molecule has 0 aromatic heterocycles. The molecular weight excluding hydrogens is 388 g/mol. The predicted octanol–water partition coefficient (Wildman–Crippen LogP) is 2.87. The lowest BCUT2D eigenvalue weighted by Gasteiger charge is -2.23. The second-order valence-corrected chi connectivity index (χ2v) is 7.75. The van der Waals surface area contributed by atoms with Crippen LogP contribution in [0.4, 0.5) is 13.2 Å². The zero-order chi connectivity index (χ0) is 20.5. The molecule has 0 aliphatic rings. The third-order valence-electron chi connectivity index (χ3n) is 3.20. The van der Waals surface area contributed by atoms with Crippen LogP contribution in [-0.4, -0.2) is 43.4 Å². The monoisotopic (exact) mass is 410 g/mol. The Balaban J connectivity index is 2.74. The number of rotatable bonds is 10. The molecule has 0 aliphatic heterocycles. The van der Waals surface area contributed by atoms with E-state index in [4.69, 9.17) is 9.26 Å². The van der Waals surface area contributed by atoms with Gasteiger partial charge in [0.1, 0.15) is 11.8 Å². The summed E-state index contributed by atoms with van der Waals surface area (Å²) in [5.41, 5.74) is 0. The van der Waals surface area contributed by atoms with Gasteiger partial charge in [-0.05, 0) is 32.4 Å². The van der Waals surface area contributed by atoms with E-state index in [-0.39, 0.29) is 31.5 Å². The molecule has 152 valence electrons. The second-order valence-electron chi connectivity index (χ2n) is 5.51. The standard InChI is InChI=1S/C16H22F3N2O5P/c1-3-25-14(22)12(2)21-27(24,26-13-8-5-4-6-9-13)11-7-10-20-15(23)16(17,18)19/h4-6,8-9,12H,3,7,10-11H2,1-2H3,(H,20,23)(H,21,24)/t12-,27?/m0/s1. The lowest BCUT2D eigenvalue weighted by Crippen LogP contribution is -2.38. The highest BCUT2D eigenvalue weighted by molar-refractivity contribution is 7.57. The summed E-state index contributed by atoms with van der Waals surface area (Å²) in [5, 5.41) is 4.26. The third-order valence-corrected chi connectivity index (χ3v) is 5.39. The number of alkyl halides is 3. The Morgan fingerprint density at radius 3 is 2.41 bits per heavy atom. The highest BCUT2D eigenvalue weighted by Crippen LogP contribution is 2.44. The van der Waals surface area contributed by atoms with E-state index >= 15 is 0 Å². The number of esters is 1. The number of nitrogens with one attached hydrogen (secondary N) is 2. The molecule has 7 nitrogen and oxygen atoms in total. The predicted molar refractivity (Wildman–Crippen MR) is 92.5 cm³/mol. The number of halogens is 3. The molecule has 2 atom stereocenters. The van der Waals surface area contributed by atoms with Gasteiger partial charge in [-0.25, -0.2) is 5.09 Å². The van der Waals surface area contributed by atoms with E-state index in [1.165, 1.54) is 6.92 Å². The number of ether oxygens (including phenoxy) is 1. The van der Waals surface area contributed by atoms with Crippen molar-refractivity contribution in [1.29, 1.82) is 0 Å². The molecule has 11 heteroatoms. The number of carbonyl (C=O) groups excluding carboxylic acids is 2. The zero-order valence-electron chi connectivity index (χ0n) is 14.9. The SMILES string of the molecule is CCOC(=O)[C@H](C)NP(=O)(CCCNC(=O)C(F)(F)F)Oc1ccccc1. The van der Waals surface area contributed by atoms with Crippen LogP contribution >= 0.6 is 7.52 Å². The van der Waals surface area contributed by atoms with Crippen LogP contribution < -0.4 is 14.9 Å². The first-order valence-electron chi connectivity index (χ1n) is 8.20. The molecule has 0 spiro atoms. The first-order chi connectivity index (χ1) is 12.6. The minimum absolute atomic E-state index is 0.0610. The maximum absolute atomic E-state index is 13.1. The van der Waals surface area contributed by atoms with Crippen LogP contribution in [-0.2, 0) is 18.9 Å². The van der Waals surface area contributed by atoms with Crippen molar-refractivity contribution in [3.63, 3.8) is 0 Å². The van der Waals surface area contributed by atoms with Crippen molar-refractivity contribution in [2.45, 2.75) is 32.5 Å². The molecule has 2 N–H and O–H groups in total. The van der Waals surface area contributed by atoms with Gasteiger partial charge in [0.05, 0.1) is 12.8 Å². The Morgan fingerprint density at radius 2 is 1.85 bits per heavy atom. The minimum Gasteiger partial charge on any atom is -0.465 e. The smallest absolute Gasteiger partial charge is 0.465 e. The fourth-order valence-electron chi connectivity index (χ4n) is 1.99. The molecule has 0 heterocycles. The molecule has 0 saturated heterocycles. The first kappa shape index (κ1) is 23.0. The molecule has 0 fully saturated rings. The number of para-hydroxylation sites is 1. The number of hydrogen-bond donors (Lipinski definition) is 2. The van der Waals surface area contributed by atoms with Crippen LogP contribution in [0.3, 0.4) is 0 Å². The first-order valence-corrected chi connectivity index (χ1v) is 10.0. The average molecular weight is 410 g/mol. The maximum atomic E-state index is 13.1. The van der Waals surface area contributed by atoms with E-state index in [0.717, 1.165) is 0 Å². The number of amides is 1. The summed E-state index contributed by atoms with van der Waals surface area (Å²) in [7, 11) is -3.66. The molecule has 27 heavy (non-hydrogen) atoms. The summed E-state index contributed by atoms with van der Waals surface area (Å²) in [4.78, 5) is 22.6. The van der Waals surface area contributed by atoms with E-state index in [0.29, 0.717) is 0 Å². The van der Waals surface area contributed by atoms with E-state index in [1.54, 1.807) is 42.6 Å². The summed E-state index contributed by atoms with van der Waals surface area (Å²) >= 11 is 0. The second kappa shape index (κ2) is 10.3. The van der Waals surface area contributed by atoms with Crippen molar-refractivity contribution in [3.8, 4) is 5.75 Å². The van der Waals surface area contributed by atoms with Crippen molar-refractivity contribution >= 4 is 19.4 Å². The summed E-state index contributed by atoms with van der Waals surface area (Å²) in [5.74, 6) is -2.45. The molecule has 0 saturated carbocycles. The van der Waals surface area contributed by atoms with E-state index in [9.17, 15) is 27.3 Å². The fraction of sp³-hybridized carbons (Fsp3) is 0.500. The summed E-state index contributed by atoms with van der Waals surface area (Å²) in [6, 6.07) is 7.17. The Morgan fingerprint density at radius 1 is 1.22 bits per heavy atom. The minimum atomic E-state index is -4.99. The molecule has 0 bridgehead atoms. The van der Waals surface area contributed by atoms with Crippen LogP contribution in [0.5, 0.6) is 5.75 Å². The summed E-state index contributed by atoms with van der Waals surface area (Å²) in [6.45, 7) is 2.84. The van der Waals surface area contributed by atoms with Crippen molar-refractivity contribution in [2.24, 2.45) is 0 Å². The van der Waals surface area contributed by atoms with Crippen LogP contribution in [0.2, 0.25) is 0 Å². The van der Waals surface area contributed by atoms with Gasteiger partial charge < -0.3 is 14.6 Å². The number of benzene rings is 1. The van der Waals surface area contributed by atoms with Crippen molar-refractivity contribution in [2.75, 3.05) is 19.3 Å². The quantitative estimate of drug-likeness (QED) is 0.350. The molecular formula is C16H22F3N2O5P. The summed E-state index contributed by atoms with van der Waals surface area (Å²) < 4.78 is 59.9. The van der Waals surface area contributed by atoms with Gasteiger partial charge in [0.2, 0.25) is 0 Å². The molecule has 1 aromatic rings. The molecule has 1 aromatic carbocycles. The van der Waals surface area contributed by atoms with Gasteiger partial charge in [0.15, 0.2) is 0 Å². The topological polar surface area (TPSA) is 93.7 Å².